The van der Waals surface area contributed by atoms with E-state index in [1.165, 1.54) is 0 Å². The van der Waals surface area contributed by atoms with Crippen molar-refractivity contribution in [2.45, 2.75) is 52.5 Å². The second kappa shape index (κ2) is 7.23. The Morgan fingerprint density at radius 2 is 1.73 bits per heavy atom. The van der Waals surface area contributed by atoms with E-state index in [1.807, 2.05) is 0 Å². The smallest absolute Gasteiger partial charge is 0.150 e. The fourth-order valence-corrected chi connectivity index (χ4v) is 2.29. The first-order valence-electron chi connectivity index (χ1n) is 5.85. The summed E-state index contributed by atoms with van der Waals surface area (Å²) in [6.45, 7) is 5.93. The fraction of sp³-hybridized carbons (Fsp3) is 1.00. The molecule has 0 aromatic carbocycles. The minimum absolute atomic E-state index is 0.257. The van der Waals surface area contributed by atoms with Crippen LogP contribution in [-0.2, 0) is 9.84 Å². The van der Waals surface area contributed by atoms with Gasteiger partial charge in [-0.3, -0.25) is 0 Å². The Morgan fingerprint density at radius 3 is 2.20 bits per heavy atom. The van der Waals surface area contributed by atoms with E-state index in [1.54, 1.807) is 6.92 Å². The number of nitrogens with two attached hydrogens (primary N) is 1. The topological polar surface area (TPSA) is 60.2 Å². The lowest BCUT2D eigenvalue weighted by Crippen LogP contribution is -2.25. The van der Waals surface area contributed by atoms with Crippen LogP contribution in [0.2, 0.25) is 0 Å². The van der Waals surface area contributed by atoms with Gasteiger partial charge in [-0.2, -0.15) is 0 Å². The summed E-state index contributed by atoms with van der Waals surface area (Å²) in [6.07, 6.45) is 3.79. The van der Waals surface area contributed by atoms with E-state index in [9.17, 15) is 8.42 Å². The van der Waals surface area contributed by atoms with Gasteiger partial charge >= 0.3 is 0 Å². The lowest BCUT2D eigenvalue weighted by Gasteiger charge is -2.14. The standard InChI is InChI=1S/C11H25NO2S/c1-4-15(13,14)9-7-5-6-8-11(12)10(2)3/h10-11H,4-9,12H2,1-3H3. The van der Waals surface area contributed by atoms with Gasteiger partial charge in [0.2, 0.25) is 0 Å². The molecule has 0 bridgehead atoms. The van der Waals surface area contributed by atoms with Crippen LogP contribution in [0.15, 0.2) is 0 Å². The molecule has 4 heteroatoms. The molecule has 92 valence electrons. The Morgan fingerprint density at radius 1 is 1.13 bits per heavy atom. The molecule has 15 heavy (non-hydrogen) atoms. The van der Waals surface area contributed by atoms with E-state index >= 15 is 0 Å². The Balaban J connectivity index is 3.49. The highest BCUT2D eigenvalue weighted by atomic mass is 32.2. The van der Waals surface area contributed by atoms with Crippen molar-refractivity contribution in [3.8, 4) is 0 Å². The summed E-state index contributed by atoms with van der Waals surface area (Å²) in [5, 5.41) is 0. The number of rotatable bonds is 8. The van der Waals surface area contributed by atoms with Crippen LogP contribution in [0.5, 0.6) is 0 Å². The van der Waals surface area contributed by atoms with E-state index < -0.39 is 9.84 Å². The quantitative estimate of drug-likeness (QED) is 0.654. The molecule has 1 atom stereocenters. The Hall–Kier alpha value is -0.0900. The van der Waals surface area contributed by atoms with Gasteiger partial charge in [-0.1, -0.05) is 33.6 Å². The molecule has 0 saturated heterocycles. The second-order valence-corrected chi connectivity index (χ2v) is 6.97. The van der Waals surface area contributed by atoms with Crippen molar-refractivity contribution in [1.29, 1.82) is 0 Å². The molecule has 2 N–H and O–H groups in total. The van der Waals surface area contributed by atoms with Gasteiger partial charge in [-0.15, -0.1) is 0 Å². The van der Waals surface area contributed by atoms with Gasteiger partial charge in [0.15, 0.2) is 0 Å². The monoisotopic (exact) mass is 235 g/mol. The van der Waals surface area contributed by atoms with Crippen LogP contribution in [0, 0.1) is 5.92 Å². The molecule has 0 radical (unpaired) electrons. The third-order valence-corrected chi connectivity index (χ3v) is 4.58. The minimum atomic E-state index is -2.77. The van der Waals surface area contributed by atoms with Gasteiger partial charge in [-0.05, 0) is 18.8 Å². The van der Waals surface area contributed by atoms with Gasteiger partial charge < -0.3 is 5.73 Å². The Kier molecular flexibility index (Phi) is 7.18. The normalized spacial score (nSPS) is 14.5. The maximum absolute atomic E-state index is 11.2. The van der Waals surface area contributed by atoms with Gasteiger partial charge in [0.05, 0.1) is 5.75 Å². The zero-order valence-electron chi connectivity index (χ0n) is 10.2. The summed E-state index contributed by atoms with van der Waals surface area (Å²) in [5.41, 5.74) is 5.89. The average molecular weight is 235 g/mol. The third-order valence-electron chi connectivity index (χ3n) is 2.79. The van der Waals surface area contributed by atoms with E-state index in [0.29, 0.717) is 11.7 Å². The van der Waals surface area contributed by atoms with E-state index in [2.05, 4.69) is 13.8 Å². The molecule has 1 unspecified atom stereocenters. The first-order chi connectivity index (χ1) is 6.89. The molecule has 0 rings (SSSR count). The van der Waals surface area contributed by atoms with Crippen molar-refractivity contribution in [2.75, 3.05) is 11.5 Å². The number of unbranched alkanes of at least 4 members (excludes halogenated alkanes) is 2. The molecule has 0 heterocycles. The highest BCUT2D eigenvalue weighted by Gasteiger charge is 2.08. The van der Waals surface area contributed by atoms with E-state index in [0.717, 1.165) is 25.7 Å². The number of hydrogen-bond donors (Lipinski definition) is 1. The molecule has 0 aliphatic rings. The van der Waals surface area contributed by atoms with Crippen LogP contribution in [0.4, 0.5) is 0 Å². The summed E-state index contributed by atoms with van der Waals surface area (Å²) in [5.74, 6) is 1.11. The maximum Gasteiger partial charge on any atom is 0.150 e. The third kappa shape index (κ3) is 7.79. The lowest BCUT2D eigenvalue weighted by atomic mass is 9.99. The van der Waals surface area contributed by atoms with Gasteiger partial charge in [-0.25, -0.2) is 8.42 Å². The number of hydrogen-bond acceptors (Lipinski definition) is 3. The number of sulfone groups is 1. The largest absolute Gasteiger partial charge is 0.327 e. The maximum atomic E-state index is 11.2. The van der Waals surface area contributed by atoms with Gasteiger partial charge in [0.1, 0.15) is 9.84 Å². The van der Waals surface area contributed by atoms with Crippen LogP contribution in [0.25, 0.3) is 0 Å². The molecular weight excluding hydrogens is 210 g/mol. The fourth-order valence-electron chi connectivity index (χ4n) is 1.36. The van der Waals surface area contributed by atoms with Crippen LogP contribution >= 0.6 is 0 Å². The molecule has 0 aromatic rings. The zero-order valence-corrected chi connectivity index (χ0v) is 11.0. The van der Waals surface area contributed by atoms with Crippen molar-refractivity contribution >= 4 is 9.84 Å². The van der Waals surface area contributed by atoms with E-state index in [-0.39, 0.29) is 11.8 Å². The molecule has 0 fully saturated rings. The molecule has 0 spiro atoms. The molecule has 0 saturated carbocycles. The zero-order chi connectivity index (χ0) is 11.9. The van der Waals surface area contributed by atoms with Crippen molar-refractivity contribution in [3.63, 3.8) is 0 Å². The summed E-state index contributed by atoms with van der Waals surface area (Å²) in [6, 6.07) is 0.257. The molecular formula is C11H25NO2S. The predicted octanol–water partition coefficient (Wildman–Crippen LogP) is 1.96. The second-order valence-electron chi connectivity index (χ2n) is 4.49. The molecule has 0 amide bonds. The van der Waals surface area contributed by atoms with E-state index in [4.69, 9.17) is 5.73 Å². The predicted molar refractivity (Wildman–Crippen MR) is 65.6 cm³/mol. The Labute approximate surface area is 94.4 Å². The van der Waals surface area contributed by atoms with Crippen molar-refractivity contribution in [2.24, 2.45) is 11.7 Å². The molecule has 0 aliphatic heterocycles. The highest BCUT2D eigenvalue weighted by Crippen LogP contribution is 2.09. The van der Waals surface area contributed by atoms with Crippen LogP contribution in [0.1, 0.15) is 46.5 Å². The van der Waals surface area contributed by atoms with Crippen molar-refractivity contribution in [1.82, 2.24) is 0 Å². The highest BCUT2D eigenvalue weighted by molar-refractivity contribution is 7.91. The van der Waals surface area contributed by atoms with Crippen LogP contribution in [-0.4, -0.2) is 26.0 Å². The lowest BCUT2D eigenvalue weighted by molar-refractivity contribution is 0.444. The van der Waals surface area contributed by atoms with Gasteiger partial charge in [0.25, 0.3) is 0 Å². The molecule has 3 nitrogen and oxygen atoms in total. The van der Waals surface area contributed by atoms with Crippen molar-refractivity contribution in [3.05, 3.63) is 0 Å². The summed E-state index contributed by atoms with van der Waals surface area (Å²) < 4.78 is 22.4. The van der Waals surface area contributed by atoms with Crippen LogP contribution < -0.4 is 5.73 Å². The minimum Gasteiger partial charge on any atom is -0.327 e. The van der Waals surface area contributed by atoms with Crippen molar-refractivity contribution < 1.29 is 8.42 Å². The summed E-state index contributed by atoms with van der Waals surface area (Å²) in [7, 11) is -2.77. The Bertz CT molecular complexity index is 247. The SMILES string of the molecule is CCS(=O)(=O)CCCCCC(N)C(C)C. The first-order valence-corrected chi connectivity index (χ1v) is 7.67. The van der Waals surface area contributed by atoms with Gasteiger partial charge in [0, 0.05) is 11.8 Å². The summed E-state index contributed by atoms with van der Waals surface area (Å²) in [4.78, 5) is 0. The molecule has 0 aliphatic carbocycles. The summed E-state index contributed by atoms with van der Waals surface area (Å²) >= 11 is 0. The first kappa shape index (κ1) is 14.9. The van der Waals surface area contributed by atoms with Crippen LogP contribution in [0.3, 0.4) is 0 Å². The average Bonchev–Trinajstić information content (AvgIpc) is 2.16. The molecule has 0 aromatic heterocycles.